The number of hydrogen-bond acceptors (Lipinski definition) is 3. The van der Waals surface area contributed by atoms with Crippen LogP contribution in [0.4, 0.5) is 0 Å². The number of rotatable bonds is 3. The quantitative estimate of drug-likeness (QED) is 0.889. The van der Waals surface area contributed by atoms with Crippen LogP contribution in [0.15, 0.2) is 30.7 Å². The summed E-state index contributed by atoms with van der Waals surface area (Å²) in [5.41, 5.74) is 1.17. The molecule has 0 saturated heterocycles. The minimum atomic E-state index is 0.285. The summed E-state index contributed by atoms with van der Waals surface area (Å²) in [4.78, 5) is 4.25. The van der Waals surface area contributed by atoms with Crippen molar-refractivity contribution in [2.24, 2.45) is 0 Å². The summed E-state index contributed by atoms with van der Waals surface area (Å²) in [7, 11) is 1.93. The summed E-state index contributed by atoms with van der Waals surface area (Å²) < 4.78 is 1.66. The van der Waals surface area contributed by atoms with E-state index in [1.54, 1.807) is 23.3 Å². The zero-order valence-corrected chi connectivity index (χ0v) is 9.94. The highest BCUT2D eigenvalue weighted by atomic mass is 35.5. The molecule has 1 unspecified atom stereocenters. The average molecular weight is 237 g/mol. The van der Waals surface area contributed by atoms with Gasteiger partial charge in [-0.25, -0.2) is 9.67 Å². The van der Waals surface area contributed by atoms with Crippen molar-refractivity contribution in [1.29, 1.82) is 0 Å². The zero-order chi connectivity index (χ0) is 11.5. The van der Waals surface area contributed by atoms with E-state index >= 15 is 0 Å². The Hall–Kier alpha value is -1.39. The van der Waals surface area contributed by atoms with E-state index in [9.17, 15) is 0 Å². The van der Waals surface area contributed by atoms with Gasteiger partial charge in [-0.05, 0) is 31.7 Å². The van der Waals surface area contributed by atoms with Gasteiger partial charge in [-0.1, -0.05) is 11.6 Å². The fourth-order valence-electron chi connectivity index (χ4n) is 1.42. The van der Waals surface area contributed by atoms with Gasteiger partial charge >= 0.3 is 0 Å². The standard InChI is InChI=1S/C11H13ClN4/c1-8(13-2)9-3-4-14-11(5-9)16-7-10(12)6-15-16/h3-8,13H,1-2H3. The minimum Gasteiger partial charge on any atom is -0.313 e. The second kappa shape index (κ2) is 4.63. The summed E-state index contributed by atoms with van der Waals surface area (Å²) >= 11 is 5.82. The Morgan fingerprint density at radius 3 is 2.94 bits per heavy atom. The molecule has 0 radical (unpaired) electrons. The second-order valence-corrected chi connectivity index (χ2v) is 4.00. The highest BCUT2D eigenvalue weighted by Gasteiger charge is 2.05. The van der Waals surface area contributed by atoms with Gasteiger partial charge in [-0.15, -0.1) is 0 Å². The summed E-state index contributed by atoms with van der Waals surface area (Å²) in [6.45, 7) is 2.09. The molecule has 84 valence electrons. The number of aromatic nitrogens is 3. The zero-order valence-electron chi connectivity index (χ0n) is 9.18. The summed E-state index contributed by atoms with van der Waals surface area (Å²) in [6, 6.07) is 4.26. The van der Waals surface area contributed by atoms with Crippen LogP contribution in [0.3, 0.4) is 0 Å². The SMILES string of the molecule is CNC(C)c1ccnc(-n2cc(Cl)cn2)c1. The monoisotopic (exact) mass is 236 g/mol. The number of nitrogens with zero attached hydrogens (tertiary/aromatic N) is 3. The molecule has 0 bridgehead atoms. The van der Waals surface area contributed by atoms with Crippen molar-refractivity contribution in [3.63, 3.8) is 0 Å². The third kappa shape index (κ3) is 2.23. The predicted octanol–water partition coefficient (Wildman–Crippen LogP) is 2.20. The van der Waals surface area contributed by atoms with Crippen LogP contribution in [0.5, 0.6) is 0 Å². The molecule has 2 aromatic rings. The maximum absolute atomic E-state index is 5.82. The molecule has 2 aromatic heterocycles. The third-order valence-corrected chi connectivity index (χ3v) is 2.68. The topological polar surface area (TPSA) is 42.7 Å². The molecule has 16 heavy (non-hydrogen) atoms. The molecule has 0 spiro atoms. The molecule has 5 heteroatoms. The number of pyridine rings is 1. The maximum atomic E-state index is 5.82. The summed E-state index contributed by atoms with van der Waals surface area (Å²) in [6.07, 6.45) is 5.10. The highest BCUT2D eigenvalue weighted by molar-refractivity contribution is 6.30. The van der Waals surface area contributed by atoms with Crippen LogP contribution in [0.1, 0.15) is 18.5 Å². The van der Waals surface area contributed by atoms with E-state index in [0.717, 1.165) is 5.82 Å². The van der Waals surface area contributed by atoms with Crippen LogP contribution in [0, 0.1) is 0 Å². The summed E-state index contributed by atoms with van der Waals surface area (Å²) in [5, 5.41) is 7.90. The fourth-order valence-corrected chi connectivity index (χ4v) is 1.56. The second-order valence-electron chi connectivity index (χ2n) is 3.56. The van der Waals surface area contributed by atoms with Gasteiger partial charge in [0.05, 0.1) is 17.4 Å². The molecule has 1 N–H and O–H groups in total. The molecule has 0 aliphatic rings. The fraction of sp³-hybridized carbons (Fsp3) is 0.273. The lowest BCUT2D eigenvalue weighted by Crippen LogP contribution is -2.13. The third-order valence-electron chi connectivity index (χ3n) is 2.49. The van der Waals surface area contributed by atoms with Crippen molar-refractivity contribution in [1.82, 2.24) is 20.1 Å². The molecule has 0 amide bonds. The maximum Gasteiger partial charge on any atom is 0.153 e. The highest BCUT2D eigenvalue weighted by Crippen LogP contribution is 2.15. The van der Waals surface area contributed by atoms with Gasteiger partial charge in [-0.3, -0.25) is 0 Å². The van der Waals surface area contributed by atoms with E-state index in [2.05, 4.69) is 22.3 Å². The lowest BCUT2D eigenvalue weighted by atomic mass is 10.1. The molecule has 4 nitrogen and oxygen atoms in total. The van der Waals surface area contributed by atoms with E-state index in [0.29, 0.717) is 5.02 Å². The van der Waals surface area contributed by atoms with Crippen molar-refractivity contribution in [2.75, 3.05) is 7.05 Å². The Labute approximate surface area is 99.3 Å². The van der Waals surface area contributed by atoms with Gasteiger partial charge in [0, 0.05) is 12.2 Å². The van der Waals surface area contributed by atoms with Crippen LogP contribution >= 0.6 is 11.6 Å². The van der Waals surface area contributed by atoms with Crippen LogP contribution in [0.25, 0.3) is 5.82 Å². The Kier molecular flexibility index (Phi) is 3.22. The largest absolute Gasteiger partial charge is 0.313 e. The lowest BCUT2D eigenvalue weighted by molar-refractivity contribution is 0.649. The smallest absolute Gasteiger partial charge is 0.153 e. The lowest BCUT2D eigenvalue weighted by Gasteiger charge is -2.11. The van der Waals surface area contributed by atoms with E-state index in [1.807, 2.05) is 19.2 Å². The van der Waals surface area contributed by atoms with E-state index in [1.165, 1.54) is 5.56 Å². The molecule has 0 fully saturated rings. The first-order chi connectivity index (χ1) is 7.70. The average Bonchev–Trinajstić information content (AvgIpc) is 2.75. The van der Waals surface area contributed by atoms with Crippen molar-refractivity contribution in [3.8, 4) is 5.82 Å². The molecular formula is C11H13ClN4. The number of hydrogen-bond donors (Lipinski definition) is 1. The van der Waals surface area contributed by atoms with Gasteiger partial charge in [0.15, 0.2) is 5.82 Å². The van der Waals surface area contributed by atoms with Crippen LogP contribution in [-0.2, 0) is 0 Å². The van der Waals surface area contributed by atoms with Crippen molar-refractivity contribution in [3.05, 3.63) is 41.3 Å². The molecule has 0 aliphatic heterocycles. The van der Waals surface area contributed by atoms with Gasteiger partial charge in [-0.2, -0.15) is 5.10 Å². The van der Waals surface area contributed by atoms with Crippen molar-refractivity contribution < 1.29 is 0 Å². The molecule has 0 saturated carbocycles. The van der Waals surface area contributed by atoms with E-state index in [4.69, 9.17) is 11.6 Å². The van der Waals surface area contributed by atoms with Gasteiger partial charge < -0.3 is 5.32 Å². The number of halogens is 1. The number of nitrogens with one attached hydrogen (secondary N) is 1. The van der Waals surface area contributed by atoms with Crippen molar-refractivity contribution in [2.45, 2.75) is 13.0 Å². The Bertz CT molecular complexity index is 480. The van der Waals surface area contributed by atoms with Crippen LogP contribution < -0.4 is 5.32 Å². The molecule has 0 aliphatic carbocycles. The predicted molar refractivity (Wildman–Crippen MR) is 63.8 cm³/mol. The minimum absolute atomic E-state index is 0.285. The molecule has 2 heterocycles. The molecule has 2 rings (SSSR count). The van der Waals surface area contributed by atoms with Gasteiger partial charge in [0.1, 0.15) is 0 Å². The first-order valence-electron chi connectivity index (χ1n) is 5.04. The van der Waals surface area contributed by atoms with Crippen molar-refractivity contribution >= 4 is 11.6 Å². The first-order valence-corrected chi connectivity index (χ1v) is 5.42. The molecular weight excluding hydrogens is 224 g/mol. The molecule has 1 atom stereocenters. The van der Waals surface area contributed by atoms with E-state index in [-0.39, 0.29) is 6.04 Å². The summed E-state index contributed by atoms with van der Waals surface area (Å²) in [5.74, 6) is 0.770. The Morgan fingerprint density at radius 1 is 1.50 bits per heavy atom. The molecule has 0 aromatic carbocycles. The van der Waals surface area contributed by atoms with E-state index < -0.39 is 0 Å². The normalized spacial score (nSPS) is 12.7. The van der Waals surface area contributed by atoms with Crippen LogP contribution in [-0.4, -0.2) is 21.8 Å². The van der Waals surface area contributed by atoms with Crippen LogP contribution in [0.2, 0.25) is 5.02 Å². The van der Waals surface area contributed by atoms with Gasteiger partial charge in [0.25, 0.3) is 0 Å². The Balaban J connectivity index is 2.36. The Morgan fingerprint density at radius 2 is 2.31 bits per heavy atom. The first kappa shape index (κ1) is 11.1. The van der Waals surface area contributed by atoms with Gasteiger partial charge in [0.2, 0.25) is 0 Å².